The lowest BCUT2D eigenvalue weighted by Gasteiger charge is -2.14. The van der Waals surface area contributed by atoms with Crippen molar-refractivity contribution in [1.82, 2.24) is 24.7 Å². The number of carbonyl (C=O) groups is 1. The molecule has 0 bridgehead atoms. The van der Waals surface area contributed by atoms with E-state index in [1.54, 1.807) is 12.0 Å². The number of amides is 1. The molecule has 5 aromatic rings. The van der Waals surface area contributed by atoms with Crippen molar-refractivity contribution in [1.29, 1.82) is 0 Å². The van der Waals surface area contributed by atoms with E-state index in [9.17, 15) is 35.9 Å². The van der Waals surface area contributed by atoms with Crippen LogP contribution in [-0.4, -0.2) is 36.6 Å². The summed E-state index contributed by atoms with van der Waals surface area (Å²) in [5.41, 5.74) is -4.04. The number of halogens is 6. The van der Waals surface area contributed by atoms with Crippen molar-refractivity contribution in [3.63, 3.8) is 0 Å². The SMILES string of the molecule is O=C=c1[nH]c2ncc(-n3ncc(C(=O)Nc4ccnc(C(F)(F)F)c4)c3C(F)(F)F)c3cccc1c23. The van der Waals surface area contributed by atoms with Gasteiger partial charge in [0.05, 0.1) is 23.6 Å². The number of rotatable bonds is 3. The Morgan fingerprint density at radius 1 is 1.00 bits per heavy atom. The van der Waals surface area contributed by atoms with E-state index in [1.165, 1.54) is 12.1 Å². The highest BCUT2D eigenvalue weighted by atomic mass is 19.4. The van der Waals surface area contributed by atoms with E-state index >= 15 is 0 Å². The normalized spacial score (nSPS) is 12.3. The van der Waals surface area contributed by atoms with E-state index in [1.807, 2.05) is 5.32 Å². The van der Waals surface area contributed by atoms with Crippen LogP contribution in [0.25, 0.3) is 27.5 Å². The van der Waals surface area contributed by atoms with Crippen molar-refractivity contribution in [3.8, 4) is 5.69 Å². The van der Waals surface area contributed by atoms with Crippen LogP contribution in [0.3, 0.4) is 0 Å². The standard InChI is InChI=1S/C22H10F6N6O2/c23-21(24,25)16-6-10(4-5-29-16)32-20(36)13-7-31-34(18(13)22(26,27)28)15-8-30-19-17-11(14(9-35)33-19)2-1-3-12(15)17/h1-8H,(H,30,33)(H,29,32,36). The Bertz CT molecular complexity index is 1730. The minimum atomic E-state index is -5.09. The van der Waals surface area contributed by atoms with E-state index in [-0.39, 0.29) is 22.1 Å². The van der Waals surface area contributed by atoms with Gasteiger partial charge in [0.2, 0.25) is 0 Å². The predicted octanol–water partition coefficient (Wildman–Crippen LogP) is 3.81. The largest absolute Gasteiger partial charge is 0.434 e. The minimum Gasteiger partial charge on any atom is -0.330 e. The highest BCUT2D eigenvalue weighted by Gasteiger charge is 2.41. The van der Waals surface area contributed by atoms with Gasteiger partial charge in [-0.25, -0.2) is 14.5 Å². The van der Waals surface area contributed by atoms with Gasteiger partial charge in [-0.2, -0.15) is 31.4 Å². The Labute approximate surface area is 195 Å². The number of nitrogens with one attached hydrogen (secondary N) is 2. The summed E-state index contributed by atoms with van der Waals surface area (Å²) in [7, 11) is 0. The molecule has 0 saturated heterocycles. The molecule has 36 heavy (non-hydrogen) atoms. The van der Waals surface area contributed by atoms with Gasteiger partial charge in [-0.15, -0.1) is 0 Å². The fourth-order valence-electron chi connectivity index (χ4n) is 3.85. The van der Waals surface area contributed by atoms with Crippen molar-refractivity contribution in [2.75, 3.05) is 5.32 Å². The number of benzene rings is 1. The quantitative estimate of drug-likeness (QED) is 0.364. The molecule has 1 aromatic carbocycles. The first kappa shape index (κ1) is 23.1. The van der Waals surface area contributed by atoms with Gasteiger partial charge in [-0.3, -0.25) is 9.78 Å². The molecule has 0 aliphatic heterocycles. The van der Waals surface area contributed by atoms with Gasteiger partial charge in [-0.05, 0) is 12.1 Å². The van der Waals surface area contributed by atoms with Crippen LogP contribution in [0.4, 0.5) is 32.0 Å². The Morgan fingerprint density at radius 3 is 2.44 bits per heavy atom. The third kappa shape index (κ3) is 3.73. The number of hydrogen-bond donors (Lipinski definition) is 2. The summed E-state index contributed by atoms with van der Waals surface area (Å²) in [4.78, 5) is 33.9. The molecule has 4 heterocycles. The summed E-state index contributed by atoms with van der Waals surface area (Å²) in [6.45, 7) is 0. The van der Waals surface area contributed by atoms with Crippen LogP contribution < -0.4 is 10.7 Å². The van der Waals surface area contributed by atoms with Gasteiger partial charge in [0, 0.05) is 28.0 Å². The second-order valence-electron chi connectivity index (χ2n) is 7.52. The molecule has 4 aromatic heterocycles. The van der Waals surface area contributed by atoms with Crippen LogP contribution in [0.2, 0.25) is 0 Å². The molecule has 182 valence electrons. The van der Waals surface area contributed by atoms with Crippen LogP contribution in [0.15, 0.2) is 48.9 Å². The van der Waals surface area contributed by atoms with E-state index in [2.05, 4.69) is 20.1 Å². The number of pyridine rings is 2. The lowest BCUT2D eigenvalue weighted by atomic mass is 10.1. The van der Waals surface area contributed by atoms with Crippen LogP contribution in [0.1, 0.15) is 21.7 Å². The molecule has 14 heteroatoms. The van der Waals surface area contributed by atoms with Crippen molar-refractivity contribution in [2.45, 2.75) is 12.4 Å². The number of H-pyrrole nitrogens is 1. The van der Waals surface area contributed by atoms with Gasteiger partial charge >= 0.3 is 12.4 Å². The number of aromatic amines is 1. The summed E-state index contributed by atoms with van der Waals surface area (Å²) in [6, 6.07) is 6.07. The summed E-state index contributed by atoms with van der Waals surface area (Å²) in [6.07, 6.45) is -7.40. The average molecular weight is 504 g/mol. The van der Waals surface area contributed by atoms with Crippen LogP contribution >= 0.6 is 0 Å². The van der Waals surface area contributed by atoms with Gasteiger partial charge in [-0.1, -0.05) is 18.2 Å². The number of aromatic nitrogens is 5. The lowest BCUT2D eigenvalue weighted by Crippen LogP contribution is -2.21. The fraction of sp³-hybridized carbons (Fsp3) is 0.0909. The van der Waals surface area contributed by atoms with E-state index in [0.717, 1.165) is 18.5 Å². The first-order valence-electron chi connectivity index (χ1n) is 9.93. The van der Waals surface area contributed by atoms with E-state index in [4.69, 9.17) is 0 Å². The van der Waals surface area contributed by atoms with Crippen molar-refractivity contribution >= 4 is 39.3 Å². The molecule has 2 N–H and O–H groups in total. The average Bonchev–Trinajstić information content (AvgIpc) is 3.42. The molecule has 8 nitrogen and oxygen atoms in total. The Balaban J connectivity index is 1.64. The zero-order valence-corrected chi connectivity index (χ0v) is 17.5. The molecule has 5 rings (SSSR count). The number of carbonyl (C=O) groups excluding carboxylic acids is 2. The summed E-state index contributed by atoms with van der Waals surface area (Å²) in [5, 5.41) is 6.81. The summed E-state index contributed by atoms with van der Waals surface area (Å²) >= 11 is 0. The van der Waals surface area contributed by atoms with E-state index in [0.29, 0.717) is 27.7 Å². The number of nitrogens with zero attached hydrogens (tertiary/aromatic N) is 4. The number of hydrogen-bond acceptors (Lipinski definition) is 5. The third-order valence-electron chi connectivity index (χ3n) is 5.33. The minimum absolute atomic E-state index is 0.0624. The highest BCUT2D eigenvalue weighted by Crippen LogP contribution is 2.36. The molecule has 0 fully saturated rings. The predicted molar refractivity (Wildman–Crippen MR) is 113 cm³/mol. The first-order chi connectivity index (χ1) is 17.0. The Hall–Kier alpha value is -4.71. The Morgan fingerprint density at radius 2 is 1.75 bits per heavy atom. The van der Waals surface area contributed by atoms with Crippen molar-refractivity contribution < 1.29 is 35.9 Å². The third-order valence-corrected chi connectivity index (χ3v) is 5.33. The second-order valence-corrected chi connectivity index (χ2v) is 7.52. The second kappa shape index (κ2) is 7.92. The maximum atomic E-state index is 14.1. The Kier molecular flexibility index (Phi) is 5.07. The fourth-order valence-corrected chi connectivity index (χ4v) is 3.85. The number of anilines is 1. The molecular formula is C22H10F6N6O2. The van der Waals surface area contributed by atoms with Gasteiger partial charge in [0.15, 0.2) is 11.6 Å². The molecular weight excluding hydrogens is 494 g/mol. The molecule has 1 amide bonds. The summed E-state index contributed by atoms with van der Waals surface area (Å²) in [5.74, 6) is 0.373. The first-order valence-corrected chi connectivity index (χ1v) is 9.93. The summed E-state index contributed by atoms with van der Waals surface area (Å²) < 4.78 is 81.6. The van der Waals surface area contributed by atoms with Crippen molar-refractivity contribution in [3.05, 3.63) is 71.2 Å². The molecule has 0 saturated carbocycles. The van der Waals surface area contributed by atoms with Crippen LogP contribution in [0.5, 0.6) is 0 Å². The smallest absolute Gasteiger partial charge is 0.330 e. The maximum Gasteiger partial charge on any atom is 0.434 e. The molecule has 0 unspecified atom stereocenters. The lowest BCUT2D eigenvalue weighted by molar-refractivity contribution is -0.143. The topological polar surface area (TPSA) is 106 Å². The zero-order valence-electron chi connectivity index (χ0n) is 17.5. The maximum absolute atomic E-state index is 14.1. The monoisotopic (exact) mass is 504 g/mol. The van der Waals surface area contributed by atoms with Crippen LogP contribution in [-0.2, 0) is 17.1 Å². The van der Waals surface area contributed by atoms with Gasteiger partial charge in [0.25, 0.3) is 5.91 Å². The molecule has 0 atom stereocenters. The number of alkyl halides is 6. The molecule has 0 spiro atoms. The van der Waals surface area contributed by atoms with Gasteiger partial charge in [0.1, 0.15) is 16.7 Å². The van der Waals surface area contributed by atoms with Crippen molar-refractivity contribution in [2.24, 2.45) is 0 Å². The zero-order chi connectivity index (χ0) is 25.8. The van der Waals surface area contributed by atoms with Crippen LogP contribution in [0, 0.1) is 0 Å². The molecule has 0 radical (unpaired) electrons. The van der Waals surface area contributed by atoms with Gasteiger partial charge < -0.3 is 10.3 Å². The highest BCUT2D eigenvalue weighted by molar-refractivity contribution is 6.11. The molecule has 0 aliphatic rings. The van der Waals surface area contributed by atoms with E-state index < -0.39 is 40.9 Å². The molecule has 0 aliphatic carbocycles.